The standard InChI is InChI=1S/C26H25N3O3/c1-2-6-23(30)27-17-9-11-18(12-10-17)29-25(31)20-8-5-7-19-22(28-15-3-4-16-28)14-13-21(24(19)20)26(29)32/h5,7-14H,2-4,6,15-16H2,1H3,(H,27,30). The second-order valence-corrected chi connectivity index (χ2v) is 8.35. The topological polar surface area (TPSA) is 69.7 Å². The molecule has 0 aliphatic carbocycles. The molecule has 0 bridgehead atoms. The second kappa shape index (κ2) is 8.11. The highest BCUT2D eigenvalue weighted by atomic mass is 16.2. The summed E-state index contributed by atoms with van der Waals surface area (Å²) in [7, 11) is 0. The first-order valence-electron chi connectivity index (χ1n) is 11.2. The highest BCUT2D eigenvalue weighted by Crippen LogP contribution is 2.38. The van der Waals surface area contributed by atoms with Crippen LogP contribution >= 0.6 is 0 Å². The van der Waals surface area contributed by atoms with Crippen LogP contribution in [0.3, 0.4) is 0 Å². The number of carbonyl (C=O) groups is 3. The van der Waals surface area contributed by atoms with Crippen molar-refractivity contribution in [2.75, 3.05) is 28.2 Å². The van der Waals surface area contributed by atoms with Gasteiger partial charge in [-0.3, -0.25) is 14.4 Å². The molecule has 1 fully saturated rings. The van der Waals surface area contributed by atoms with E-state index >= 15 is 0 Å². The molecule has 2 aliphatic heterocycles. The zero-order valence-electron chi connectivity index (χ0n) is 18.1. The van der Waals surface area contributed by atoms with E-state index in [-0.39, 0.29) is 17.7 Å². The molecule has 3 aromatic carbocycles. The molecule has 2 heterocycles. The van der Waals surface area contributed by atoms with Crippen LogP contribution in [0.5, 0.6) is 0 Å². The Balaban J connectivity index is 1.52. The quantitative estimate of drug-likeness (QED) is 0.583. The third kappa shape index (κ3) is 3.32. The Bertz CT molecular complexity index is 1200. The van der Waals surface area contributed by atoms with Gasteiger partial charge in [0, 0.05) is 52.8 Å². The summed E-state index contributed by atoms with van der Waals surface area (Å²) in [5.41, 5.74) is 3.29. The first kappa shape index (κ1) is 20.2. The average molecular weight is 428 g/mol. The summed E-state index contributed by atoms with van der Waals surface area (Å²) < 4.78 is 0. The molecule has 3 aromatic rings. The van der Waals surface area contributed by atoms with E-state index in [1.165, 1.54) is 4.90 Å². The summed E-state index contributed by atoms with van der Waals surface area (Å²) in [6.45, 7) is 3.93. The van der Waals surface area contributed by atoms with Gasteiger partial charge in [0.05, 0.1) is 5.69 Å². The van der Waals surface area contributed by atoms with Gasteiger partial charge in [-0.1, -0.05) is 19.1 Å². The fraction of sp³-hybridized carbons (Fsp3) is 0.269. The molecular weight excluding hydrogens is 402 g/mol. The number of benzene rings is 3. The number of amides is 3. The molecule has 0 spiro atoms. The lowest BCUT2D eigenvalue weighted by Crippen LogP contribution is -2.40. The first-order chi connectivity index (χ1) is 15.6. The van der Waals surface area contributed by atoms with Gasteiger partial charge in [-0.25, -0.2) is 4.90 Å². The number of nitrogens with one attached hydrogen (secondary N) is 1. The van der Waals surface area contributed by atoms with E-state index in [4.69, 9.17) is 0 Å². The van der Waals surface area contributed by atoms with Crippen LogP contribution < -0.4 is 15.1 Å². The highest BCUT2D eigenvalue weighted by Gasteiger charge is 2.35. The largest absolute Gasteiger partial charge is 0.371 e. The van der Waals surface area contributed by atoms with Gasteiger partial charge in [0.1, 0.15) is 0 Å². The first-order valence-corrected chi connectivity index (χ1v) is 11.2. The molecule has 2 aliphatic rings. The smallest absolute Gasteiger partial charge is 0.265 e. The zero-order chi connectivity index (χ0) is 22.2. The average Bonchev–Trinajstić information content (AvgIpc) is 3.33. The van der Waals surface area contributed by atoms with Gasteiger partial charge in [0.2, 0.25) is 5.91 Å². The van der Waals surface area contributed by atoms with Gasteiger partial charge in [0.25, 0.3) is 11.8 Å². The molecular formula is C26H25N3O3. The minimum atomic E-state index is -0.325. The lowest BCUT2D eigenvalue weighted by atomic mass is 9.92. The molecule has 3 amide bonds. The Hall–Kier alpha value is -3.67. The van der Waals surface area contributed by atoms with Crippen molar-refractivity contribution < 1.29 is 14.4 Å². The fourth-order valence-electron chi connectivity index (χ4n) is 4.69. The summed E-state index contributed by atoms with van der Waals surface area (Å²) >= 11 is 0. The van der Waals surface area contributed by atoms with Crippen molar-refractivity contribution in [1.82, 2.24) is 0 Å². The number of hydrogen-bond donors (Lipinski definition) is 1. The van der Waals surface area contributed by atoms with Crippen molar-refractivity contribution in [3.8, 4) is 0 Å². The Labute approximate surface area is 186 Å². The van der Waals surface area contributed by atoms with Crippen LogP contribution in [-0.4, -0.2) is 30.8 Å². The lowest BCUT2D eigenvalue weighted by molar-refractivity contribution is -0.116. The number of nitrogens with zero attached hydrogens (tertiary/aromatic N) is 2. The van der Waals surface area contributed by atoms with Crippen molar-refractivity contribution in [3.63, 3.8) is 0 Å². The molecule has 0 radical (unpaired) electrons. The molecule has 32 heavy (non-hydrogen) atoms. The molecule has 1 saturated heterocycles. The van der Waals surface area contributed by atoms with Crippen LogP contribution in [0.1, 0.15) is 53.3 Å². The predicted octanol–water partition coefficient (Wildman–Crippen LogP) is 4.98. The SMILES string of the molecule is CCCC(=O)Nc1ccc(N2C(=O)c3cccc4c(N5CCCC5)ccc(c34)C2=O)cc1. The van der Waals surface area contributed by atoms with Crippen molar-refractivity contribution in [2.24, 2.45) is 0 Å². The fourth-order valence-corrected chi connectivity index (χ4v) is 4.69. The highest BCUT2D eigenvalue weighted by molar-refractivity contribution is 6.36. The Kier molecular flexibility index (Phi) is 5.13. The molecule has 0 saturated carbocycles. The molecule has 0 unspecified atom stereocenters. The summed E-state index contributed by atoms with van der Waals surface area (Å²) in [5.74, 6) is -0.705. The van der Waals surface area contributed by atoms with Crippen LogP contribution in [0.15, 0.2) is 54.6 Å². The maximum atomic E-state index is 13.4. The number of rotatable bonds is 5. The number of imide groups is 1. The van der Waals surface area contributed by atoms with E-state index < -0.39 is 0 Å². The molecule has 6 heteroatoms. The Morgan fingerprint density at radius 3 is 2.28 bits per heavy atom. The van der Waals surface area contributed by atoms with E-state index in [2.05, 4.69) is 10.2 Å². The van der Waals surface area contributed by atoms with E-state index in [1.807, 2.05) is 31.2 Å². The molecule has 6 nitrogen and oxygen atoms in total. The minimum Gasteiger partial charge on any atom is -0.371 e. The molecule has 1 N–H and O–H groups in total. The van der Waals surface area contributed by atoms with E-state index in [1.54, 1.807) is 30.3 Å². The third-order valence-corrected chi connectivity index (χ3v) is 6.22. The predicted molar refractivity (Wildman–Crippen MR) is 127 cm³/mol. The molecule has 162 valence electrons. The van der Waals surface area contributed by atoms with Gasteiger partial charge in [-0.2, -0.15) is 0 Å². The second-order valence-electron chi connectivity index (χ2n) is 8.35. The molecule has 0 atom stereocenters. The number of hydrogen-bond acceptors (Lipinski definition) is 4. The molecule has 0 aromatic heterocycles. The van der Waals surface area contributed by atoms with Crippen molar-refractivity contribution in [3.05, 3.63) is 65.7 Å². The lowest BCUT2D eigenvalue weighted by Gasteiger charge is -2.29. The van der Waals surface area contributed by atoms with Crippen molar-refractivity contribution >= 4 is 45.6 Å². The summed E-state index contributed by atoms with van der Waals surface area (Å²) in [4.78, 5) is 42.2. The van der Waals surface area contributed by atoms with Crippen molar-refractivity contribution in [1.29, 1.82) is 0 Å². The summed E-state index contributed by atoms with van der Waals surface area (Å²) in [6.07, 6.45) is 3.53. The van der Waals surface area contributed by atoms with E-state index in [9.17, 15) is 14.4 Å². The van der Waals surface area contributed by atoms with Gasteiger partial charge in [-0.15, -0.1) is 0 Å². The Morgan fingerprint density at radius 1 is 0.906 bits per heavy atom. The maximum absolute atomic E-state index is 13.4. The van der Waals surface area contributed by atoms with Gasteiger partial charge < -0.3 is 10.2 Å². The summed E-state index contributed by atoms with van der Waals surface area (Å²) in [5, 5.41) is 4.53. The van der Waals surface area contributed by atoms with E-state index in [0.717, 1.165) is 48.8 Å². The van der Waals surface area contributed by atoms with Gasteiger partial charge in [-0.05, 0) is 61.7 Å². The molecule has 5 rings (SSSR count). The normalized spacial score (nSPS) is 15.5. The van der Waals surface area contributed by atoms with Crippen LogP contribution in [0.25, 0.3) is 10.8 Å². The van der Waals surface area contributed by atoms with Crippen LogP contribution in [0, 0.1) is 0 Å². The van der Waals surface area contributed by atoms with Crippen LogP contribution in [-0.2, 0) is 4.79 Å². The van der Waals surface area contributed by atoms with E-state index in [0.29, 0.717) is 28.9 Å². The minimum absolute atomic E-state index is 0.0558. The van der Waals surface area contributed by atoms with Gasteiger partial charge in [0.15, 0.2) is 0 Å². The third-order valence-electron chi connectivity index (χ3n) is 6.22. The van der Waals surface area contributed by atoms with Gasteiger partial charge >= 0.3 is 0 Å². The zero-order valence-corrected chi connectivity index (χ0v) is 18.1. The number of anilines is 3. The Morgan fingerprint density at radius 2 is 1.59 bits per heavy atom. The van der Waals surface area contributed by atoms with Crippen LogP contribution in [0.4, 0.5) is 17.1 Å². The summed E-state index contributed by atoms with van der Waals surface area (Å²) in [6, 6.07) is 16.4. The van der Waals surface area contributed by atoms with Crippen LogP contribution in [0.2, 0.25) is 0 Å². The monoisotopic (exact) mass is 427 g/mol. The number of carbonyl (C=O) groups excluding carboxylic acids is 3. The van der Waals surface area contributed by atoms with Crippen molar-refractivity contribution in [2.45, 2.75) is 32.6 Å². The maximum Gasteiger partial charge on any atom is 0.265 e.